The Labute approximate surface area is 124 Å². The molecular weight excluding hydrogens is 302 g/mol. The fourth-order valence-corrected chi connectivity index (χ4v) is 2.19. The summed E-state index contributed by atoms with van der Waals surface area (Å²) >= 11 is 1.59. The Balaban J connectivity index is 2.11. The number of nitrogens with one attached hydrogen (secondary N) is 1. The second kappa shape index (κ2) is 6.39. The molecule has 0 heterocycles. The Hall–Kier alpha value is -1.69. The Morgan fingerprint density at radius 2 is 1.71 bits per heavy atom. The van der Waals surface area contributed by atoms with E-state index in [9.17, 15) is 17.6 Å². The Kier molecular flexibility index (Phi) is 4.77. The van der Waals surface area contributed by atoms with Crippen LogP contribution >= 0.6 is 11.8 Å². The molecule has 0 aromatic heterocycles. The minimum atomic E-state index is -4.48. The highest BCUT2D eigenvalue weighted by atomic mass is 32.2. The molecule has 0 amide bonds. The molecule has 1 N–H and O–H groups in total. The molecular formula is C15H13F4NS. The first-order valence-corrected chi connectivity index (χ1v) is 7.36. The van der Waals surface area contributed by atoms with Gasteiger partial charge in [0.15, 0.2) is 0 Å². The summed E-state index contributed by atoms with van der Waals surface area (Å²) < 4.78 is 51.3. The van der Waals surface area contributed by atoms with E-state index in [2.05, 4.69) is 5.32 Å². The van der Waals surface area contributed by atoms with Crippen molar-refractivity contribution >= 4 is 17.4 Å². The summed E-state index contributed by atoms with van der Waals surface area (Å²) in [4.78, 5) is 1.09. The standard InChI is InChI=1S/C15H13F4NS/c1-21-12-5-2-10(3-6-12)9-20-14-8-11(15(17,18)19)4-7-13(14)16/h2-8,20H,9H2,1H3. The van der Waals surface area contributed by atoms with Crippen molar-refractivity contribution in [2.45, 2.75) is 17.6 Å². The SMILES string of the molecule is CSc1ccc(CNc2cc(C(F)(F)F)ccc2F)cc1. The first kappa shape index (κ1) is 15.7. The van der Waals surface area contributed by atoms with Gasteiger partial charge < -0.3 is 5.32 Å². The lowest BCUT2D eigenvalue weighted by Crippen LogP contribution is -2.08. The van der Waals surface area contributed by atoms with Crippen LogP contribution in [-0.4, -0.2) is 6.26 Å². The average molecular weight is 315 g/mol. The minimum absolute atomic E-state index is 0.154. The van der Waals surface area contributed by atoms with Crippen LogP contribution in [0.5, 0.6) is 0 Å². The molecule has 0 spiro atoms. The van der Waals surface area contributed by atoms with Crippen molar-refractivity contribution in [2.75, 3.05) is 11.6 Å². The van der Waals surface area contributed by atoms with Gasteiger partial charge in [0.1, 0.15) is 5.82 Å². The third kappa shape index (κ3) is 4.14. The van der Waals surface area contributed by atoms with Crippen molar-refractivity contribution in [3.05, 3.63) is 59.4 Å². The van der Waals surface area contributed by atoms with Crippen LogP contribution < -0.4 is 5.32 Å². The van der Waals surface area contributed by atoms with Crippen molar-refractivity contribution in [1.82, 2.24) is 0 Å². The lowest BCUT2D eigenvalue weighted by Gasteiger charge is -2.12. The van der Waals surface area contributed by atoms with Gasteiger partial charge in [-0.05, 0) is 42.2 Å². The number of benzene rings is 2. The van der Waals surface area contributed by atoms with Crippen molar-refractivity contribution in [1.29, 1.82) is 0 Å². The quantitative estimate of drug-likeness (QED) is 0.616. The maximum absolute atomic E-state index is 13.5. The zero-order valence-electron chi connectivity index (χ0n) is 11.2. The summed E-state index contributed by atoms with van der Waals surface area (Å²) in [5.41, 5.74) is -0.160. The normalized spacial score (nSPS) is 11.5. The second-order valence-electron chi connectivity index (χ2n) is 4.39. The number of rotatable bonds is 4. The topological polar surface area (TPSA) is 12.0 Å². The molecule has 112 valence electrons. The van der Waals surface area contributed by atoms with Crippen molar-refractivity contribution in [2.24, 2.45) is 0 Å². The maximum Gasteiger partial charge on any atom is 0.416 e. The second-order valence-corrected chi connectivity index (χ2v) is 5.27. The van der Waals surface area contributed by atoms with Gasteiger partial charge in [-0.2, -0.15) is 13.2 Å². The molecule has 2 rings (SSSR count). The van der Waals surface area contributed by atoms with Gasteiger partial charge in [-0.15, -0.1) is 11.8 Å². The molecule has 0 bridgehead atoms. The number of thioether (sulfide) groups is 1. The number of halogens is 4. The lowest BCUT2D eigenvalue weighted by atomic mass is 10.1. The van der Waals surface area contributed by atoms with E-state index in [4.69, 9.17) is 0 Å². The van der Waals surface area contributed by atoms with Gasteiger partial charge in [-0.3, -0.25) is 0 Å². The minimum Gasteiger partial charge on any atom is -0.379 e. The highest BCUT2D eigenvalue weighted by Crippen LogP contribution is 2.31. The zero-order chi connectivity index (χ0) is 15.5. The van der Waals surface area contributed by atoms with E-state index in [0.29, 0.717) is 0 Å². The fourth-order valence-electron chi connectivity index (χ4n) is 1.78. The van der Waals surface area contributed by atoms with Gasteiger partial charge in [0.25, 0.3) is 0 Å². The van der Waals surface area contributed by atoms with Crippen molar-refractivity contribution in [3.8, 4) is 0 Å². The first-order chi connectivity index (χ1) is 9.90. The number of hydrogen-bond acceptors (Lipinski definition) is 2. The van der Waals surface area contributed by atoms with Crippen LogP contribution in [0.25, 0.3) is 0 Å². The molecule has 0 unspecified atom stereocenters. The maximum atomic E-state index is 13.5. The van der Waals surface area contributed by atoms with Crippen LogP contribution in [0.15, 0.2) is 47.4 Å². The van der Waals surface area contributed by atoms with Gasteiger partial charge in [-0.25, -0.2) is 4.39 Å². The van der Waals surface area contributed by atoms with Crippen molar-refractivity contribution < 1.29 is 17.6 Å². The van der Waals surface area contributed by atoms with Crippen LogP contribution in [0.1, 0.15) is 11.1 Å². The summed E-state index contributed by atoms with van der Waals surface area (Å²) in [6.45, 7) is 0.257. The molecule has 2 aromatic rings. The van der Waals surface area contributed by atoms with Crippen molar-refractivity contribution in [3.63, 3.8) is 0 Å². The molecule has 0 saturated carbocycles. The molecule has 21 heavy (non-hydrogen) atoms. The van der Waals surface area contributed by atoms with E-state index in [1.165, 1.54) is 0 Å². The fraction of sp³-hybridized carbons (Fsp3) is 0.200. The molecule has 0 aliphatic heterocycles. The molecule has 0 radical (unpaired) electrons. The van der Waals surface area contributed by atoms with Gasteiger partial charge in [-0.1, -0.05) is 12.1 Å². The van der Waals surface area contributed by atoms with Crippen LogP contribution in [0.2, 0.25) is 0 Å². The monoisotopic (exact) mass is 315 g/mol. The van der Waals surface area contributed by atoms with Gasteiger partial charge in [0.05, 0.1) is 11.3 Å². The van der Waals surface area contributed by atoms with E-state index in [-0.39, 0.29) is 12.2 Å². The van der Waals surface area contributed by atoms with E-state index in [1.807, 2.05) is 30.5 Å². The predicted octanol–water partition coefficient (Wildman–Crippen LogP) is 5.18. The summed E-state index contributed by atoms with van der Waals surface area (Å²) in [5.74, 6) is -0.705. The number of hydrogen-bond donors (Lipinski definition) is 1. The van der Waals surface area contributed by atoms with Gasteiger partial charge >= 0.3 is 6.18 Å². The summed E-state index contributed by atoms with van der Waals surface area (Å²) in [5, 5.41) is 2.70. The average Bonchev–Trinajstić information content (AvgIpc) is 2.45. The summed E-state index contributed by atoms with van der Waals surface area (Å²) in [6.07, 6.45) is -2.53. The van der Waals surface area contributed by atoms with Crippen LogP contribution in [0, 0.1) is 5.82 Å². The van der Waals surface area contributed by atoms with Crippen LogP contribution in [0.3, 0.4) is 0 Å². The van der Waals surface area contributed by atoms with Gasteiger partial charge in [0.2, 0.25) is 0 Å². The molecule has 6 heteroatoms. The molecule has 0 aliphatic rings. The Bertz CT molecular complexity index is 608. The van der Waals surface area contributed by atoms with E-state index in [0.717, 1.165) is 28.7 Å². The molecule has 2 aromatic carbocycles. The van der Waals surface area contributed by atoms with E-state index < -0.39 is 17.6 Å². The third-order valence-corrected chi connectivity index (χ3v) is 3.68. The van der Waals surface area contributed by atoms with E-state index >= 15 is 0 Å². The smallest absolute Gasteiger partial charge is 0.379 e. The molecule has 0 aliphatic carbocycles. The third-order valence-electron chi connectivity index (χ3n) is 2.94. The van der Waals surface area contributed by atoms with Crippen LogP contribution in [-0.2, 0) is 12.7 Å². The van der Waals surface area contributed by atoms with Gasteiger partial charge in [0, 0.05) is 11.4 Å². The molecule has 1 nitrogen and oxygen atoms in total. The van der Waals surface area contributed by atoms with E-state index in [1.54, 1.807) is 11.8 Å². The zero-order valence-corrected chi connectivity index (χ0v) is 12.0. The summed E-state index contributed by atoms with van der Waals surface area (Å²) in [6, 6.07) is 9.85. The largest absolute Gasteiger partial charge is 0.416 e. The Morgan fingerprint density at radius 1 is 1.05 bits per heavy atom. The molecule has 0 atom stereocenters. The summed E-state index contributed by atoms with van der Waals surface area (Å²) in [7, 11) is 0. The lowest BCUT2D eigenvalue weighted by molar-refractivity contribution is -0.137. The highest BCUT2D eigenvalue weighted by Gasteiger charge is 2.31. The predicted molar refractivity (Wildman–Crippen MR) is 77.0 cm³/mol. The van der Waals surface area contributed by atoms with Crippen LogP contribution in [0.4, 0.5) is 23.2 Å². The number of alkyl halides is 3. The molecule has 0 saturated heterocycles. The highest BCUT2D eigenvalue weighted by molar-refractivity contribution is 7.98. The molecule has 0 fully saturated rings. The first-order valence-electron chi connectivity index (χ1n) is 6.13. The Morgan fingerprint density at radius 3 is 2.29 bits per heavy atom. The number of anilines is 1.